The predicted molar refractivity (Wildman–Crippen MR) is 120 cm³/mol. The summed E-state index contributed by atoms with van der Waals surface area (Å²) in [4.78, 5) is 37.1. The molecule has 0 atom stereocenters. The molecule has 4 heterocycles. The molecule has 0 unspecified atom stereocenters. The number of aryl methyl sites for hydroxylation is 2. The van der Waals surface area contributed by atoms with E-state index >= 15 is 0 Å². The molecule has 3 aromatic heterocycles. The Kier molecular flexibility index (Phi) is 4.76. The molecule has 1 saturated heterocycles. The molecule has 1 aliphatic rings. The van der Waals surface area contributed by atoms with Gasteiger partial charge in [0.1, 0.15) is 0 Å². The second-order valence-electron chi connectivity index (χ2n) is 8.20. The molecule has 0 spiro atoms. The average molecular weight is 433 g/mol. The molecule has 1 amide bonds. The fraction of sp³-hybridized carbons (Fsp3) is 0.318. The monoisotopic (exact) mass is 433 g/mol. The second kappa shape index (κ2) is 7.63. The first-order valence-corrected chi connectivity index (χ1v) is 10.5. The van der Waals surface area contributed by atoms with Gasteiger partial charge in [-0.05, 0) is 50.5 Å². The normalized spacial score (nSPS) is 14.9. The van der Waals surface area contributed by atoms with E-state index in [2.05, 4.69) is 25.4 Å². The number of rotatable bonds is 3. The number of likely N-dealkylation sites (tertiary alicyclic amines) is 1. The van der Waals surface area contributed by atoms with Crippen LogP contribution in [0.5, 0.6) is 0 Å². The first kappa shape index (κ1) is 20.0. The number of carboxylic acid groups (broad SMARTS) is 1. The number of imidazole rings is 1. The van der Waals surface area contributed by atoms with Gasteiger partial charge in [-0.2, -0.15) is 5.10 Å². The summed E-state index contributed by atoms with van der Waals surface area (Å²) in [7, 11) is 0. The second-order valence-corrected chi connectivity index (χ2v) is 8.20. The number of nitrogens with one attached hydrogen (secondary N) is 2. The molecule has 0 radical (unpaired) electrons. The van der Waals surface area contributed by atoms with Gasteiger partial charge in [-0.1, -0.05) is 6.07 Å². The van der Waals surface area contributed by atoms with Crippen LogP contribution in [0, 0.1) is 13.8 Å². The van der Waals surface area contributed by atoms with Crippen LogP contribution in [0.2, 0.25) is 0 Å². The number of hydrogen-bond acceptors (Lipinski definition) is 6. The molecule has 0 aliphatic carbocycles. The smallest absolute Gasteiger partial charge is 0.407 e. The molecule has 1 aromatic carbocycles. The number of aromatic nitrogens is 5. The van der Waals surface area contributed by atoms with Crippen molar-refractivity contribution in [3.05, 3.63) is 52.1 Å². The Hall–Kier alpha value is -3.95. The van der Waals surface area contributed by atoms with Gasteiger partial charge < -0.3 is 15.3 Å². The number of anilines is 1. The molecule has 10 heteroatoms. The largest absolute Gasteiger partial charge is 0.465 e. The number of fused-ring (bicyclic) bond motifs is 2. The van der Waals surface area contributed by atoms with Gasteiger partial charge in [0, 0.05) is 24.7 Å². The zero-order chi connectivity index (χ0) is 22.4. The summed E-state index contributed by atoms with van der Waals surface area (Å²) >= 11 is 0. The van der Waals surface area contributed by atoms with Crippen molar-refractivity contribution in [1.82, 2.24) is 29.5 Å². The van der Waals surface area contributed by atoms with Gasteiger partial charge in [-0.15, -0.1) is 0 Å². The van der Waals surface area contributed by atoms with Crippen LogP contribution < -0.4 is 10.9 Å². The zero-order valence-corrected chi connectivity index (χ0v) is 17.8. The van der Waals surface area contributed by atoms with Crippen LogP contribution in [0.25, 0.3) is 27.8 Å². The van der Waals surface area contributed by atoms with Crippen molar-refractivity contribution in [3.63, 3.8) is 0 Å². The molecule has 1 fully saturated rings. The highest BCUT2D eigenvalue weighted by molar-refractivity contribution is 5.84. The lowest BCUT2D eigenvalue weighted by Crippen LogP contribution is -2.42. The molecule has 0 bridgehead atoms. The summed E-state index contributed by atoms with van der Waals surface area (Å²) in [5.74, 6) is 0.397. The Bertz CT molecular complexity index is 1400. The topological polar surface area (TPSA) is 129 Å². The lowest BCUT2D eigenvalue weighted by molar-refractivity contribution is 0.133. The van der Waals surface area contributed by atoms with Crippen molar-refractivity contribution in [2.45, 2.75) is 32.7 Å². The van der Waals surface area contributed by atoms with Crippen molar-refractivity contribution >= 4 is 28.6 Å². The maximum Gasteiger partial charge on any atom is 0.407 e. The molecule has 1 aliphatic heterocycles. The fourth-order valence-corrected chi connectivity index (χ4v) is 4.16. The quantitative estimate of drug-likeness (QED) is 0.453. The zero-order valence-electron chi connectivity index (χ0n) is 17.8. The van der Waals surface area contributed by atoms with Gasteiger partial charge in [0.05, 0.1) is 28.5 Å². The Labute approximate surface area is 182 Å². The van der Waals surface area contributed by atoms with E-state index in [0.717, 1.165) is 28.2 Å². The molecular formula is C22H23N7O3. The number of hydrogen-bond donors (Lipinski definition) is 3. The minimum absolute atomic E-state index is 0.0583. The van der Waals surface area contributed by atoms with E-state index in [1.807, 2.05) is 38.2 Å². The number of H-pyrrole nitrogens is 1. The standard InChI is InChI=1S/C22H23N7O3/c1-12-9-18(27-29-11-13(2)23-19(12)29)14-3-4-17-16(10-14)20(30)26-21(25-17)24-15-5-7-28(8-6-15)22(31)32/h3-4,9-11,15H,5-8H2,1-2H3,(H,31,32)(H2,24,25,26,30). The van der Waals surface area contributed by atoms with Crippen LogP contribution >= 0.6 is 0 Å². The summed E-state index contributed by atoms with van der Waals surface area (Å²) < 4.78 is 1.76. The lowest BCUT2D eigenvalue weighted by Gasteiger charge is -2.30. The molecule has 4 aromatic rings. The summed E-state index contributed by atoms with van der Waals surface area (Å²) in [6.07, 6.45) is 2.30. The van der Waals surface area contributed by atoms with E-state index in [-0.39, 0.29) is 11.6 Å². The number of amides is 1. The molecular weight excluding hydrogens is 410 g/mol. The first-order valence-electron chi connectivity index (χ1n) is 10.5. The predicted octanol–water partition coefficient (Wildman–Crippen LogP) is 2.80. The number of carbonyl (C=O) groups is 1. The van der Waals surface area contributed by atoms with E-state index in [1.165, 1.54) is 4.90 Å². The molecule has 5 rings (SSSR count). The van der Waals surface area contributed by atoms with Crippen LogP contribution in [0.15, 0.2) is 35.3 Å². The van der Waals surface area contributed by atoms with Gasteiger partial charge in [0.25, 0.3) is 5.56 Å². The Balaban J connectivity index is 1.43. The van der Waals surface area contributed by atoms with Crippen molar-refractivity contribution in [2.75, 3.05) is 18.4 Å². The van der Waals surface area contributed by atoms with E-state index in [1.54, 1.807) is 10.6 Å². The highest BCUT2D eigenvalue weighted by atomic mass is 16.4. The minimum Gasteiger partial charge on any atom is -0.465 e. The van der Waals surface area contributed by atoms with Crippen LogP contribution in [0.4, 0.5) is 10.7 Å². The Morgan fingerprint density at radius 2 is 1.97 bits per heavy atom. The number of benzene rings is 1. The fourth-order valence-electron chi connectivity index (χ4n) is 4.16. The third kappa shape index (κ3) is 3.64. The van der Waals surface area contributed by atoms with Gasteiger partial charge >= 0.3 is 6.09 Å². The number of piperidine rings is 1. The molecule has 32 heavy (non-hydrogen) atoms. The summed E-state index contributed by atoms with van der Waals surface area (Å²) in [5, 5.41) is 17.4. The molecule has 10 nitrogen and oxygen atoms in total. The first-order chi connectivity index (χ1) is 15.4. The van der Waals surface area contributed by atoms with E-state index in [9.17, 15) is 9.59 Å². The number of nitrogens with zero attached hydrogens (tertiary/aromatic N) is 5. The average Bonchev–Trinajstić information content (AvgIpc) is 3.15. The number of aromatic amines is 1. The van der Waals surface area contributed by atoms with Gasteiger partial charge in [-0.3, -0.25) is 9.78 Å². The SMILES string of the molecule is Cc1cn2nc(-c3ccc4nc(NC5CCN(C(=O)O)CC5)[nH]c(=O)c4c3)cc(C)c2n1. The van der Waals surface area contributed by atoms with Crippen LogP contribution in [-0.4, -0.2) is 59.8 Å². The molecule has 3 N–H and O–H groups in total. The van der Waals surface area contributed by atoms with Gasteiger partial charge in [-0.25, -0.2) is 19.3 Å². The minimum atomic E-state index is -0.900. The van der Waals surface area contributed by atoms with Crippen molar-refractivity contribution < 1.29 is 9.90 Å². The van der Waals surface area contributed by atoms with Gasteiger partial charge in [0.15, 0.2) is 5.65 Å². The third-order valence-corrected chi connectivity index (χ3v) is 5.84. The molecule has 164 valence electrons. The van der Waals surface area contributed by atoms with E-state index in [0.29, 0.717) is 42.8 Å². The summed E-state index contributed by atoms with van der Waals surface area (Å²) in [5.41, 5.74) is 4.63. The van der Waals surface area contributed by atoms with Crippen molar-refractivity contribution in [2.24, 2.45) is 0 Å². The van der Waals surface area contributed by atoms with E-state index in [4.69, 9.17) is 5.11 Å². The Morgan fingerprint density at radius 1 is 1.19 bits per heavy atom. The summed E-state index contributed by atoms with van der Waals surface area (Å²) in [6, 6.07) is 7.54. The van der Waals surface area contributed by atoms with Crippen LogP contribution in [-0.2, 0) is 0 Å². The highest BCUT2D eigenvalue weighted by Gasteiger charge is 2.22. The van der Waals surface area contributed by atoms with Crippen molar-refractivity contribution in [1.29, 1.82) is 0 Å². The maximum atomic E-state index is 12.8. The Morgan fingerprint density at radius 3 is 2.72 bits per heavy atom. The highest BCUT2D eigenvalue weighted by Crippen LogP contribution is 2.23. The third-order valence-electron chi connectivity index (χ3n) is 5.84. The van der Waals surface area contributed by atoms with Gasteiger partial charge in [0.2, 0.25) is 5.95 Å². The molecule has 0 saturated carbocycles. The van der Waals surface area contributed by atoms with Crippen LogP contribution in [0.3, 0.4) is 0 Å². The van der Waals surface area contributed by atoms with E-state index < -0.39 is 6.09 Å². The lowest BCUT2D eigenvalue weighted by atomic mass is 10.1. The summed E-state index contributed by atoms with van der Waals surface area (Å²) in [6.45, 7) is 4.83. The van der Waals surface area contributed by atoms with Crippen molar-refractivity contribution in [3.8, 4) is 11.3 Å². The van der Waals surface area contributed by atoms with Crippen LogP contribution in [0.1, 0.15) is 24.1 Å². The maximum absolute atomic E-state index is 12.8.